The molecule has 0 aromatic carbocycles. The Kier molecular flexibility index (Phi) is 7.98. The number of hydrogen-bond acceptors (Lipinski definition) is 4. The zero-order valence-electron chi connectivity index (χ0n) is 6.74. The van der Waals surface area contributed by atoms with E-state index in [1.165, 1.54) is 6.92 Å². The molecular weight excluding hydrogens is 182 g/mol. The summed E-state index contributed by atoms with van der Waals surface area (Å²) in [4.78, 5) is 20.3. The SMILES string of the molecule is CC(=O)OCCC(N)C(=O)O.S. The quantitative estimate of drug-likeness (QED) is 0.588. The number of aliphatic carboxylic acids is 1. The number of carbonyl (C=O) groups excluding carboxylic acids is 1. The number of carboxylic acid groups (broad SMARTS) is 1. The van der Waals surface area contributed by atoms with E-state index in [9.17, 15) is 9.59 Å². The van der Waals surface area contributed by atoms with Gasteiger partial charge in [-0.1, -0.05) is 0 Å². The van der Waals surface area contributed by atoms with E-state index in [0.717, 1.165) is 0 Å². The number of carbonyl (C=O) groups is 2. The molecule has 3 N–H and O–H groups in total. The van der Waals surface area contributed by atoms with E-state index in [1.807, 2.05) is 0 Å². The molecular formula is C6H13NO4S. The molecule has 0 bridgehead atoms. The number of esters is 1. The second-order valence-corrected chi connectivity index (χ2v) is 2.07. The zero-order chi connectivity index (χ0) is 8.85. The van der Waals surface area contributed by atoms with E-state index >= 15 is 0 Å². The van der Waals surface area contributed by atoms with Gasteiger partial charge in [-0.05, 0) is 0 Å². The molecule has 0 saturated carbocycles. The van der Waals surface area contributed by atoms with Gasteiger partial charge in [0.1, 0.15) is 6.04 Å². The topological polar surface area (TPSA) is 89.6 Å². The second-order valence-electron chi connectivity index (χ2n) is 2.07. The van der Waals surface area contributed by atoms with Crippen LogP contribution in [0.2, 0.25) is 0 Å². The molecule has 0 aliphatic rings. The lowest BCUT2D eigenvalue weighted by Crippen LogP contribution is -2.31. The molecule has 0 aromatic heterocycles. The predicted molar refractivity (Wildman–Crippen MR) is 47.2 cm³/mol. The lowest BCUT2D eigenvalue weighted by molar-refractivity contribution is -0.144. The third-order valence-electron chi connectivity index (χ3n) is 1.05. The van der Waals surface area contributed by atoms with Gasteiger partial charge in [-0.15, -0.1) is 0 Å². The fraction of sp³-hybridized carbons (Fsp3) is 0.667. The minimum atomic E-state index is -1.09. The van der Waals surface area contributed by atoms with Crippen LogP contribution in [0.15, 0.2) is 0 Å². The molecule has 0 saturated heterocycles. The summed E-state index contributed by atoms with van der Waals surface area (Å²) in [6.07, 6.45) is 0.148. The molecule has 0 aliphatic carbocycles. The molecule has 72 valence electrons. The van der Waals surface area contributed by atoms with Gasteiger partial charge in [-0.25, -0.2) is 0 Å². The van der Waals surface area contributed by atoms with Crippen molar-refractivity contribution in [3.8, 4) is 0 Å². The lowest BCUT2D eigenvalue weighted by Gasteiger charge is -2.04. The monoisotopic (exact) mass is 195 g/mol. The number of hydrogen-bond donors (Lipinski definition) is 2. The molecule has 0 aromatic rings. The van der Waals surface area contributed by atoms with Crippen LogP contribution in [0, 0.1) is 0 Å². The van der Waals surface area contributed by atoms with Crippen molar-refractivity contribution in [1.82, 2.24) is 0 Å². The van der Waals surface area contributed by atoms with Gasteiger partial charge < -0.3 is 15.6 Å². The van der Waals surface area contributed by atoms with Gasteiger partial charge in [0.25, 0.3) is 0 Å². The Labute approximate surface area is 77.3 Å². The van der Waals surface area contributed by atoms with Crippen molar-refractivity contribution in [2.24, 2.45) is 5.73 Å². The van der Waals surface area contributed by atoms with Gasteiger partial charge >= 0.3 is 11.9 Å². The largest absolute Gasteiger partial charge is 0.480 e. The number of carboxylic acids is 1. The van der Waals surface area contributed by atoms with Gasteiger partial charge in [0, 0.05) is 13.3 Å². The van der Waals surface area contributed by atoms with Crippen molar-refractivity contribution in [2.45, 2.75) is 19.4 Å². The van der Waals surface area contributed by atoms with Crippen molar-refractivity contribution < 1.29 is 19.4 Å². The normalized spacial score (nSPS) is 11.2. The number of rotatable bonds is 4. The molecule has 0 radical (unpaired) electrons. The molecule has 0 rings (SSSR count). The molecule has 0 heterocycles. The molecule has 6 heteroatoms. The number of nitrogens with two attached hydrogens (primary N) is 1. The van der Waals surface area contributed by atoms with Gasteiger partial charge in [-0.3, -0.25) is 9.59 Å². The summed E-state index contributed by atoms with van der Waals surface area (Å²) in [6.45, 7) is 1.31. The molecule has 0 spiro atoms. The van der Waals surface area contributed by atoms with Gasteiger partial charge in [-0.2, -0.15) is 13.5 Å². The Morgan fingerprint density at radius 2 is 2.08 bits per heavy atom. The van der Waals surface area contributed by atoms with E-state index in [4.69, 9.17) is 10.8 Å². The fourth-order valence-electron chi connectivity index (χ4n) is 0.453. The first-order valence-corrected chi connectivity index (χ1v) is 3.15. The Bertz CT molecular complexity index is 162. The molecule has 0 fully saturated rings. The Morgan fingerprint density at radius 3 is 2.42 bits per heavy atom. The Hall–Kier alpha value is -0.750. The summed E-state index contributed by atoms with van der Waals surface area (Å²) < 4.78 is 4.48. The van der Waals surface area contributed by atoms with E-state index in [-0.39, 0.29) is 26.5 Å². The van der Waals surface area contributed by atoms with Crippen molar-refractivity contribution in [2.75, 3.05) is 6.61 Å². The highest BCUT2D eigenvalue weighted by Gasteiger charge is 2.10. The molecule has 1 unspecified atom stereocenters. The molecule has 1 atom stereocenters. The van der Waals surface area contributed by atoms with Crippen molar-refractivity contribution in [3.63, 3.8) is 0 Å². The highest BCUT2D eigenvalue weighted by atomic mass is 32.1. The minimum Gasteiger partial charge on any atom is -0.480 e. The summed E-state index contributed by atoms with van der Waals surface area (Å²) >= 11 is 0. The van der Waals surface area contributed by atoms with Gasteiger partial charge in [0.2, 0.25) is 0 Å². The second kappa shape index (κ2) is 6.93. The highest BCUT2D eigenvalue weighted by Crippen LogP contribution is 1.89. The van der Waals surface area contributed by atoms with Crippen molar-refractivity contribution in [3.05, 3.63) is 0 Å². The maximum atomic E-state index is 10.2. The third kappa shape index (κ3) is 7.36. The average Bonchev–Trinajstić information content (AvgIpc) is 1.86. The van der Waals surface area contributed by atoms with Crippen LogP contribution >= 0.6 is 13.5 Å². The van der Waals surface area contributed by atoms with Crippen LogP contribution in [-0.2, 0) is 14.3 Å². The molecule has 12 heavy (non-hydrogen) atoms. The minimum absolute atomic E-state index is 0. The smallest absolute Gasteiger partial charge is 0.320 e. The first-order valence-electron chi connectivity index (χ1n) is 3.15. The first-order chi connectivity index (χ1) is 5.04. The van der Waals surface area contributed by atoms with Crippen LogP contribution in [-0.4, -0.2) is 29.7 Å². The van der Waals surface area contributed by atoms with Crippen LogP contribution in [0.3, 0.4) is 0 Å². The van der Waals surface area contributed by atoms with Crippen molar-refractivity contribution >= 4 is 25.4 Å². The summed E-state index contributed by atoms with van der Waals surface area (Å²) in [7, 11) is 0. The summed E-state index contributed by atoms with van der Waals surface area (Å²) in [5, 5.41) is 8.28. The van der Waals surface area contributed by atoms with Crippen LogP contribution < -0.4 is 5.73 Å². The van der Waals surface area contributed by atoms with E-state index in [0.29, 0.717) is 0 Å². The van der Waals surface area contributed by atoms with E-state index in [1.54, 1.807) is 0 Å². The zero-order valence-corrected chi connectivity index (χ0v) is 7.74. The summed E-state index contributed by atoms with van der Waals surface area (Å²) in [5.74, 6) is -1.51. The maximum absolute atomic E-state index is 10.2. The van der Waals surface area contributed by atoms with E-state index in [2.05, 4.69) is 4.74 Å². The Balaban J connectivity index is 0. The lowest BCUT2D eigenvalue weighted by atomic mass is 10.2. The molecule has 0 aliphatic heterocycles. The summed E-state index contributed by atoms with van der Waals surface area (Å²) in [6, 6.07) is -0.950. The fourth-order valence-corrected chi connectivity index (χ4v) is 0.453. The van der Waals surface area contributed by atoms with Crippen LogP contribution in [0.1, 0.15) is 13.3 Å². The first kappa shape index (κ1) is 13.8. The molecule has 0 amide bonds. The molecule has 5 nitrogen and oxygen atoms in total. The standard InChI is InChI=1S/C6H11NO4.H2S/c1-4(8)11-3-2-5(7)6(9)10;/h5H,2-3,7H2,1H3,(H,9,10);1H2. The summed E-state index contributed by atoms with van der Waals surface area (Å²) in [5.41, 5.74) is 5.11. The highest BCUT2D eigenvalue weighted by molar-refractivity contribution is 7.59. The third-order valence-corrected chi connectivity index (χ3v) is 1.05. The van der Waals surface area contributed by atoms with E-state index < -0.39 is 18.0 Å². The van der Waals surface area contributed by atoms with Gasteiger partial charge in [0.15, 0.2) is 0 Å². The van der Waals surface area contributed by atoms with Crippen LogP contribution in [0.25, 0.3) is 0 Å². The maximum Gasteiger partial charge on any atom is 0.320 e. The van der Waals surface area contributed by atoms with Crippen LogP contribution in [0.5, 0.6) is 0 Å². The Morgan fingerprint density at radius 1 is 1.58 bits per heavy atom. The van der Waals surface area contributed by atoms with Crippen molar-refractivity contribution in [1.29, 1.82) is 0 Å². The van der Waals surface area contributed by atoms with Crippen LogP contribution in [0.4, 0.5) is 0 Å². The predicted octanol–water partition coefficient (Wildman–Crippen LogP) is -0.536. The average molecular weight is 195 g/mol. The number of ether oxygens (including phenoxy) is 1. The van der Waals surface area contributed by atoms with Gasteiger partial charge in [0.05, 0.1) is 6.61 Å².